The van der Waals surface area contributed by atoms with Crippen LogP contribution in [0.4, 0.5) is 0 Å². The lowest BCUT2D eigenvalue weighted by molar-refractivity contribution is 0.578. The van der Waals surface area contributed by atoms with Crippen LogP contribution in [0.2, 0.25) is 0 Å². The number of nitrogens with zero attached hydrogens (tertiary/aromatic N) is 3. The molecule has 1 aromatic heterocycles. The summed E-state index contributed by atoms with van der Waals surface area (Å²) < 4.78 is 2.31. The molecule has 3 aromatic carbocycles. The fraction of sp³-hybridized carbons (Fsp3) is 0.333. The van der Waals surface area contributed by atoms with Crippen molar-refractivity contribution in [2.75, 3.05) is 0 Å². The van der Waals surface area contributed by atoms with Gasteiger partial charge in [-0.2, -0.15) is 0 Å². The Morgan fingerprint density at radius 1 is 0.818 bits per heavy atom. The molecule has 0 bridgehead atoms. The molecule has 0 N–H and O–H groups in total. The molecular formula is C30H35N3. The zero-order chi connectivity index (χ0) is 23.6. The van der Waals surface area contributed by atoms with Gasteiger partial charge in [-0.1, -0.05) is 107 Å². The summed E-state index contributed by atoms with van der Waals surface area (Å²) in [7, 11) is 0. The zero-order valence-corrected chi connectivity index (χ0v) is 20.8. The SMILES string of the molecule is CCCC(C)c1nnc(-c2cccc(-c3ccccc3)c2)n1-c1ccc(C)cc1C(C)(C)C. The Morgan fingerprint density at radius 3 is 2.21 bits per heavy atom. The highest BCUT2D eigenvalue weighted by Crippen LogP contribution is 2.36. The van der Waals surface area contributed by atoms with Gasteiger partial charge in [-0.15, -0.1) is 10.2 Å². The summed E-state index contributed by atoms with van der Waals surface area (Å²) in [6.07, 6.45) is 2.20. The fourth-order valence-corrected chi connectivity index (χ4v) is 4.52. The van der Waals surface area contributed by atoms with E-state index in [-0.39, 0.29) is 5.41 Å². The van der Waals surface area contributed by atoms with Crippen molar-refractivity contribution in [2.45, 2.75) is 65.7 Å². The van der Waals surface area contributed by atoms with Crippen molar-refractivity contribution in [3.63, 3.8) is 0 Å². The van der Waals surface area contributed by atoms with Crippen molar-refractivity contribution in [3.8, 4) is 28.2 Å². The third-order valence-electron chi connectivity index (χ3n) is 6.28. The molecule has 0 amide bonds. The van der Waals surface area contributed by atoms with E-state index in [1.807, 2.05) is 0 Å². The number of benzene rings is 3. The van der Waals surface area contributed by atoms with E-state index in [0.29, 0.717) is 5.92 Å². The molecule has 0 radical (unpaired) electrons. The topological polar surface area (TPSA) is 30.7 Å². The quantitative estimate of drug-likeness (QED) is 0.305. The fourth-order valence-electron chi connectivity index (χ4n) is 4.52. The van der Waals surface area contributed by atoms with Gasteiger partial charge in [-0.05, 0) is 47.6 Å². The van der Waals surface area contributed by atoms with Crippen molar-refractivity contribution in [3.05, 3.63) is 89.7 Å². The average molecular weight is 438 g/mol. The molecule has 0 aliphatic carbocycles. The molecular weight excluding hydrogens is 402 g/mol. The molecule has 4 rings (SSSR count). The zero-order valence-electron chi connectivity index (χ0n) is 20.8. The number of aryl methyl sites for hydroxylation is 1. The maximum absolute atomic E-state index is 4.76. The Bertz CT molecular complexity index is 1230. The molecule has 3 nitrogen and oxygen atoms in total. The second kappa shape index (κ2) is 9.35. The van der Waals surface area contributed by atoms with Crippen LogP contribution >= 0.6 is 0 Å². The van der Waals surface area contributed by atoms with E-state index in [2.05, 4.69) is 119 Å². The van der Waals surface area contributed by atoms with Crippen molar-refractivity contribution in [1.29, 1.82) is 0 Å². The number of hydrogen-bond donors (Lipinski definition) is 0. The molecule has 1 unspecified atom stereocenters. The highest BCUT2D eigenvalue weighted by atomic mass is 15.3. The third-order valence-corrected chi connectivity index (χ3v) is 6.28. The maximum atomic E-state index is 4.76. The Hall–Kier alpha value is -3.20. The van der Waals surface area contributed by atoms with Gasteiger partial charge in [-0.25, -0.2) is 0 Å². The van der Waals surface area contributed by atoms with Crippen LogP contribution in [0.3, 0.4) is 0 Å². The minimum Gasteiger partial charge on any atom is -0.278 e. The van der Waals surface area contributed by atoms with Gasteiger partial charge in [0.2, 0.25) is 0 Å². The van der Waals surface area contributed by atoms with Crippen LogP contribution in [0, 0.1) is 6.92 Å². The van der Waals surface area contributed by atoms with Crippen LogP contribution in [-0.4, -0.2) is 14.8 Å². The lowest BCUT2D eigenvalue weighted by atomic mass is 9.84. The molecule has 0 spiro atoms. The van der Waals surface area contributed by atoms with E-state index in [0.717, 1.165) is 30.1 Å². The van der Waals surface area contributed by atoms with Gasteiger partial charge in [-0.3, -0.25) is 4.57 Å². The van der Waals surface area contributed by atoms with Crippen molar-refractivity contribution in [2.24, 2.45) is 0 Å². The van der Waals surface area contributed by atoms with Gasteiger partial charge < -0.3 is 0 Å². The van der Waals surface area contributed by atoms with Crippen LogP contribution in [-0.2, 0) is 5.41 Å². The molecule has 1 atom stereocenters. The molecule has 0 aliphatic heterocycles. The summed E-state index contributed by atoms with van der Waals surface area (Å²) in [5.41, 5.74) is 7.23. The molecule has 1 heterocycles. The number of rotatable bonds is 6. The Morgan fingerprint density at radius 2 is 1.52 bits per heavy atom. The van der Waals surface area contributed by atoms with Gasteiger partial charge in [0.15, 0.2) is 5.82 Å². The smallest absolute Gasteiger partial charge is 0.168 e. The van der Waals surface area contributed by atoms with Crippen LogP contribution in [0.25, 0.3) is 28.2 Å². The van der Waals surface area contributed by atoms with Gasteiger partial charge in [0.1, 0.15) is 5.82 Å². The predicted molar refractivity (Wildman–Crippen MR) is 139 cm³/mol. The van der Waals surface area contributed by atoms with Gasteiger partial charge in [0.25, 0.3) is 0 Å². The summed E-state index contributed by atoms with van der Waals surface area (Å²) in [6, 6.07) is 25.9. The molecule has 0 aliphatic rings. The number of aromatic nitrogens is 3. The summed E-state index contributed by atoms with van der Waals surface area (Å²) in [6.45, 7) is 13.5. The molecule has 0 saturated carbocycles. The highest BCUT2D eigenvalue weighted by Gasteiger charge is 2.25. The molecule has 33 heavy (non-hydrogen) atoms. The number of hydrogen-bond acceptors (Lipinski definition) is 2. The van der Waals surface area contributed by atoms with Crippen molar-refractivity contribution in [1.82, 2.24) is 14.8 Å². The lowest BCUT2D eigenvalue weighted by Gasteiger charge is -2.26. The van der Waals surface area contributed by atoms with Gasteiger partial charge in [0.05, 0.1) is 5.69 Å². The van der Waals surface area contributed by atoms with Gasteiger partial charge >= 0.3 is 0 Å². The summed E-state index contributed by atoms with van der Waals surface area (Å²) in [5.74, 6) is 2.26. The molecule has 170 valence electrons. The average Bonchev–Trinajstić information content (AvgIpc) is 3.24. The lowest BCUT2D eigenvalue weighted by Crippen LogP contribution is -2.17. The first-order valence-electron chi connectivity index (χ1n) is 12.0. The van der Waals surface area contributed by atoms with Crippen molar-refractivity contribution < 1.29 is 0 Å². The monoisotopic (exact) mass is 437 g/mol. The van der Waals surface area contributed by atoms with E-state index < -0.39 is 0 Å². The van der Waals surface area contributed by atoms with Gasteiger partial charge in [0, 0.05) is 11.5 Å². The van der Waals surface area contributed by atoms with E-state index >= 15 is 0 Å². The Kier molecular flexibility index (Phi) is 6.51. The van der Waals surface area contributed by atoms with Crippen LogP contribution in [0.5, 0.6) is 0 Å². The molecule has 3 heteroatoms. The summed E-state index contributed by atoms with van der Waals surface area (Å²) in [5, 5.41) is 9.51. The first kappa shape index (κ1) is 23.0. The van der Waals surface area contributed by atoms with Crippen LogP contribution < -0.4 is 0 Å². The Balaban J connectivity index is 1.95. The second-order valence-electron chi connectivity index (χ2n) is 10.1. The first-order chi connectivity index (χ1) is 15.8. The predicted octanol–water partition coefficient (Wildman–Crippen LogP) is 8.11. The standard InChI is InChI=1S/C30H35N3/c1-7-12-22(3)28-31-32-29(25-16-11-15-24(20-25)23-13-9-8-10-14-23)33(28)27-18-17-21(2)19-26(27)30(4,5)6/h8-11,13-20,22H,7,12H2,1-6H3. The molecule has 4 aromatic rings. The molecule has 0 fully saturated rings. The van der Waals surface area contributed by atoms with Crippen LogP contribution in [0.15, 0.2) is 72.8 Å². The van der Waals surface area contributed by atoms with E-state index in [4.69, 9.17) is 10.2 Å². The Labute approximate surface area is 198 Å². The minimum absolute atomic E-state index is 0.0000442. The van der Waals surface area contributed by atoms with Crippen LogP contribution in [0.1, 0.15) is 70.3 Å². The third kappa shape index (κ3) is 4.78. The minimum atomic E-state index is 0.0000442. The largest absolute Gasteiger partial charge is 0.278 e. The normalized spacial score (nSPS) is 12.7. The van der Waals surface area contributed by atoms with E-state index in [9.17, 15) is 0 Å². The van der Waals surface area contributed by atoms with Crippen molar-refractivity contribution >= 4 is 0 Å². The second-order valence-corrected chi connectivity index (χ2v) is 10.1. The highest BCUT2D eigenvalue weighted by molar-refractivity contribution is 5.71. The summed E-state index contributed by atoms with van der Waals surface area (Å²) >= 11 is 0. The van der Waals surface area contributed by atoms with E-state index in [1.54, 1.807) is 0 Å². The molecule has 0 saturated heterocycles. The first-order valence-corrected chi connectivity index (χ1v) is 12.0. The summed E-state index contributed by atoms with van der Waals surface area (Å²) in [4.78, 5) is 0. The van der Waals surface area contributed by atoms with E-state index in [1.165, 1.54) is 27.9 Å². The maximum Gasteiger partial charge on any atom is 0.168 e.